The van der Waals surface area contributed by atoms with Crippen LogP contribution in [0, 0.1) is 5.41 Å². The summed E-state index contributed by atoms with van der Waals surface area (Å²) in [6.07, 6.45) is 11.2. The number of nitrogens with one attached hydrogen (secondary N) is 1. The highest BCUT2D eigenvalue weighted by molar-refractivity contribution is 5.83. The van der Waals surface area contributed by atoms with Crippen molar-refractivity contribution < 1.29 is 0 Å². The number of allylic oxidation sites excluding steroid dienone is 10. The highest BCUT2D eigenvalue weighted by Gasteiger charge is 1.97. The summed E-state index contributed by atoms with van der Waals surface area (Å²) in [5.74, 6) is 0. The standard InChI is InChI=1S/C17H23N/c1-7-16(17(8-2)12-18)10-9-14(5)15(6)11-13(3)4/h7-12,18H,3,5H2,1-2,4,6H3/b10-9-,15-11+,16-7+,17-8+,18-12?. The molecule has 1 nitrogen and oxygen atoms in total. The van der Waals surface area contributed by atoms with Crippen molar-refractivity contribution in [3.63, 3.8) is 0 Å². The molecule has 18 heavy (non-hydrogen) atoms. The number of rotatable bonds is 6. The largest absolute Gasteiger partial charge is 0.308 e. The first-order valence-electron chi connectivity index (χ1n) is 6.00. The molecule has 0 unspecified atom stereocenters. The Hall–Kier alpha value is -1.89. The third kappa shape index (κ3) is 5.44. The number of hydrogen-bond acceptors (Lipinski definition) is 1. The summed E-state index contributed by atoms with van der Waals surface area (Å²) in [6.45, 7) is 15.8. The van der Waals surface area contributed by atoms with Gasteiger partial charge in [0.25, 0.3) is 0 Å². The smallest absolute Gasteiger partial charge is 0.0252 e. The molecule has 0 aromatic carbocycles. The molecule has 0 saturated heterocycles. The molecule has 0 aliphatic heterocycles. The van der Waals surface area contributed by atoms with E-state index in [9.17, 15) is 0 Å². The van der Waals surface area contributed by atoms with Gasteiger partial charge in [-0.3, -0.25) is 0 Å². The van der Waals surface area contributed by atoms with E-state index in [1.165, 1.54) is 6.21 Å². The maximum atomic E-state index is 7.34. The molecule has 1 N–H and O–H groups in total. The molecule has 0 aliphatic carbocycles. The van der Waals surface area contributed by atoms with E-state index in [1.54, 1.807) is 0 Å². The van der Waals surface area contributed by atoms with Gasteiger partial charge in [-0.25, -0.2) is 0 Å². The summed E-state index contributed by atoms with van der Waals surface area (Å²) in [7, 11) is 0. The minimum Gasteiger partial charge on any atom is -0.308 e. The van der Waals surface area contributed by atoms with Gasteiger partial charge in [0.05, 0.1) is 0 Å². The van der Waals surface area contributed by atoms with Crippen LogP contribution in [0.5, 0.6) is 0 Å². The van der Waals surface area contributed by atoms with Crippen LogP contribution in [0.25, 0.3) is 0 Å². The van der Waals surface area contributed by atoms with E-state index in [4.69, 9.17) is 5.41 Å². The minimum absolute atomic E-state index is 0.906. The summed E-state index contributed by atoms with van der Waals surface area (Å²) in [5, 5.41) is 7.34. The lowest BCUT2D eigenvalue weighted by atomic mass is 10.0. The van der Waals surface area contributed by atoms with Crippen LogP contribution in [0.1, 0.15) is 27.7 Å². The molecule has 0 aromatic rings. The fraction of sp³-hybridized carbons (Fsp3) is 0.235. The maximum absolute atomic E-state index is 7.34. The van der Waals surface area contributed by atoms with Gasteiger partial charge in [-0.05, 0) is 50.0 Å². The monoisotopic (exact) mass is 241 g/mol. The van der Waals surface area contributed by atoms with E-state index in [0.717, 1.165) is 27.9 Å². The zero-order chi connectivity index (χ0) is 14.1. The van der Waals surface area contributed by atoms with Gasteiger partial charge in [-0.2, -0.15) is 0 Å². The second-order valence-electron chi connectivity index (χ2n) is 4.16. The van der Waals surface area contributed by atoms with Crippen LogP contribution in [0.2, 0.25) is 0 Å². The number of hydrogen-bond donors (Lipinski definition) is 1. The predicted octanol–water partition coefficient (Wildman–Crippen LogP) is 5.16. The van der Waals surface area contributed by atoms with Crippen LogP contribution in [-0.2, 0) is 0 Å². The van der Waals surface area contributed by atoms with Crippen molar-refractivity contribution in [3.8, 4) is 0 Å². The van der Waals surface area contributed by atoms with Gasteiger partial charge >= 0.3 is 0 Å². The summed E-state index contributed by atoms with van der Waals surface area (Å²) in [5.41, 5.74) is 5.01. The molecule has 96 valence electrons. The molecule has 0 aromatic heterocycles. The second-order valence-corrected chi connectivity index (χ2v) is 4.16. The summed E-state index contributed by atoms with van der Waals surface area (Å²) >= 11 is 0. The van der Waals surface area contributed by atoms with E-state index in [1.807, 2.05) is 58.1 Å². The SMILES string of the molecule is C=C(C)/C=C(\C)C(=C)\C=C/C(=C\C)C(/C=N)=C/C. The van der Waals surface area contributed by atoms with E-state index >= 15 is 0 Å². The Bertz CT molecular complexity index is 454. The van der Waals surface area contributed by atoms with E-state index in [0.29, 0.717) is 0 Å². The highest BCUT2D eigenvalue weighted by Crippen LogP contribution is 2.15. The lowest BCUT2D eigenvalue weighted by molar-refractivity contribution is 1.39. The molecule has 0 rings (SSSR count). The third-order valence-electron chi connectivity index (χ3n) is 2.54. The zero-order valence-electron chi connectivity index (χ0n) is 11.9. The van der Waals surface area contributed by atoms with Crippen molar-refractivity contribution in [1.29, 1.82) is 5.41 Å². The molecule has 0 bridgehead atoms. The normalized spacial score (nSPS) is 13.9. The zero-order valence-corrected chi connectivity index (χ0v) is 11.9. The lowest BCUT2D eigenvalue weighted by Gasteiger charge is -2.03. The summed E-state index contributed by atoms with van der Waals surface area (Å²) in [6, 6.07) is 0. The molecule has 0 radical (unpaired) electrons. The molecular weight excluding hydrogens is 218 g/mol. The summed E-state index contributed by atoms with van der Waals surface area (Å²) < 4.78 is 0. The molecule has 0 saturated carbocycles. The van der Waals surface area contributed by atoms with Gasteiger partial charge in [0.1, 0.15) is 0 Å². The first-order valence-corrected chi connectivity index (χ1v) is 6.00. The van der Waals surface area contributed by atoms with Crippen LogP contribution in [0.15, 0.2) is 71.4 Å². The average Bonchev–Trinajstić information content (AvgIpc) is 2.33. The molecular formula is C17H23N. The maximum Gasteiger partial charge on any atom is 0.0252 e. The van der Waals surface area contributed by atoms with Gasteiger partial charge in [0.2, 0.25) is 0 Å². The average molecular weight is 241 g/mol. The Morgan fingerprint density at radius 3 is 1.89 bits per heavy atom. The summed E-state index contributed by atoms with van der Waals surface area (Å²) in [4.78, 5) is 0. The molecule has 1 heteroatoms. The molecule has 0 amide bonds. The van der Waals surface area contributed by atoms with Crippen LogP contribution in [0.3, 0.4) is 0 Å². The molecule has 0 aliphatic rings. The quantitative estimate of drug-likeness (QED) is 0.490. The molecule has 0 spiro atoms. The lowest BCUT2D eigenvalue weighted by Crippen LogP contribution is -1.88. The molecule has 0 heterocycles. The topological polar surface area (TPSA) is 23.9 Å². The van der Waals surface area contributed by atoms with Crippen molar-refractivity contribution in [2.45, 2.75) is 27.7 Å². The Balaban J connectivity index is 5.00. The third-order valence-corrected chi connectivity index (χ3v) is 2.54. The second kappa shape index (κ2) is 8.24. The molecule has 0 fully saturated rings. The first kappa shape index (κ1) is 16.1. The van der Waals surface area contributed by atoms with Crippen LogP contribution < -0.4 is 0 Å². The van der Waals surface area contributed by atoms with E-state index in [-0.39, 0.29) is 0 Å². The minimum atomic E-state index is 0.906. The van der Waals surface area contributed by atoms with Crippen LogP contribution in [-0.4, -0.2) is 6.21 Å². The fourth-order valence-corrected chi connectivity index (χ4v) is 1.48. The van der Waals surface area contributed by atoms with Crippen LogP contribution in [0.4, 0.5) is 0 Å². The van der Waals surface area contributed by atoms with E-state index in [2.05, 4.69) is 13.2 Å². The van der Waals surface area contributed by atoms with Crippen molar-refractivity contribution in [2.24, 2.45) is 0 Å². The Morgan fingerprint density at radius 1 is 0.944 bits per heavy atom. The van der Waals surface area contributed by atoms with Crippen molar-refractivity contribution in [2.75, 3.05) is 0 Å². The van der Waals surface area contributed by atoms with Gasteiger partial charge in [0, 0.05) is 6.21 Å². The first-order chi connectivity index (χ1) is 8.46. The van der Waals surface area contributed by atoms with Gasteiger partial charge in [-0.1, -0.05) is 49.1 Å². The van der Waals surface area contributed by atoms with Gasteiger partial charge in [0.15, 0.2) is 0 Å². The van der Waals surface area contributed by atoms with Gasteiger partial charge in [-0.15, -0.1) is 0 Å². The predicted molar refractivity (Wildman–Crippen MR) is 83.1 cm³/mol. The Kier molecular flexibility index (Phi) is 7.37. The van der Waals surface area contributed by atoms with Crippen LogP contribution >= 0.6 is 0 Å². The van der Waals surface area contributed by atoms with E-state index < -0.39 is 0 Å². The van der Waals surface area contributed by atoms with Crippen molar-refractivity contribution >= 4 is 6.21 Å². The van der Waals surface area contributed by atoms with Crippen molar-refractivity contribution in [1.82, 2.24) is 0 Å². The van der Waals surface area contributed by atoms with Crippen molar-refractivity contribution in [3.05, 3.63) is 71.4 Å². The van der Waals surface area contributed by atoms with Gasteiger partial charge < -0.3 is 5.41 Å². The fourth-order valence-electron chi connectivity index (χ4n) is 1.48. The Labute approximate surface area is 111 Å². The molecule has 0 atom stereocenters. The highest BCUT2D eigenvalue weighted by atomic mass is 14.3. The Morgan fingerprint density at radius 2 is 1.50 bits per heavy atom.